The van der Waals surface area contributed by atoms with Crippen LogP contribution in [0.5, 0.6) is 5.75 Å². The number of nitrogens with two attached hydrogens (primary N) is 1. The van der Waals surface area contributed by atoms with Gasteiger partial charge in [0.1, 0.15) is 5.75 Å². The predicted octanol–water partition coefficient (Wildman–Crippen LogP) is 3.34. The SMILES string of the molecule is CCCOc1ccc(NC(=O)C2(N)CCCC2)cc1Cl. The van der Waals surface area contributed by atoms with Crippen molar-refractivity contribution in [2.75, 3.05) is 11.9 Å². The van der Waals surface area contributed by atoms with E-state index in [1.807, 2.05) is 6.92 Å². The van der Waals surface area contributed by atoms with Gasteiger partial charge in [0.2, 0.25) is 5.91 Å². The van der Waals surface area contributed by atoms with Crippen molar-refractivity contribution in [3.05, 3.63) is 23.2 Å². The molecule has 0 saturated heterocycles. The smallest absolute Gasteiger partial charge is 0.244 e. The summed E-state index contributed by atoms with van der Waals surface area (Å²) in [6, 6.07) is 5.25. The molecular weight excluding hydrogens is 276 g/mol. The third kappa shape index (κ3) is 3.44. The monoisotopic (exact) mass is 296 g/mol. The lowest BCUT2D eigenvalue weighted by Crippen LogP contribution is -2.48. The molecule has 4 nitrogen and oxygen atoms in total. The summed E-state index contributed by atoms with van der Waals surface area (Å²) in [5.41, 5.74) is 6.04. The highest BCUT2D eigenvalue weighted by Crippen LogP contribution is 2.31. The summed E-state index contributed by atoms with van der Waals surface area (Å²) < 4.78 is 5.50. The van der Waals surface area contributed by atoms with E-state index in [2.05, 4.69) is 5.32 Å². The van der Waals surface area contributed by atoms with Gasteiger partial charge in [-0.15, -0.1) is 0 Å². The van der Waals surface area contributed by atoms with Crippen molar-refractivity contribution in [1.82, 2.24) is 0 Å². The van der Waals surface area contributed by atoms with Gasteiger partial charge in [0.05, 0.1) is 17.2 Å². The van der Waals surface area contributed by atoms with E-state index >= 15 is 0 Å². The van der Waals surface area contributed by atoms with Crippen LogP contribution in [0.15, 0.2) is 18.2 Å². The Labute approximate surface area is 124 Å². The van der Waals surface area contributed by atoms with Gasteiger partial charge >= 0.3 is 0 Å². The molecule has 1 aliphatic carbocycles. The maximum atomic E-state index is 12.2. The van der Waals surface area contributed by atoms with E-state index in [0.29, 0.717) is 23.1 Å². The summed E-state index contributed by atoms with van der Waals surface area (Å²) in [6.07, 6.45) is 4.42. The summed E-state index contributed by atoms with van der Waals surface area (Å²) in [5.74, 6) is 0.503. The van der Waals surface area contributed by atoms with E-state index in [1.54, 1.807) is 18.2 Å². The molecule has 110 valence electrons. The molecular formula is C15H21ClN2O2. The fourth-order valence-electron chi connectivity index (χ4n) is 2.40. The van der Waals surface area contributed by atoms with Crippen LogP contribution in [0.4, 0.5) is 5.69 Å². The molecule has 1 fully saturated rings. The Morgan fingerprint density at radius 2 is 2.15 bits per heavy atom. The number of amides is 1. The Bertz CT molecular complexity index is 485. The normalized spacial score (nSPS) is 16.9. The minimum absolute atomic E-state index is 0.131. The van der Waals surface area contributed by atoms with Crippen LogP contribution in [-0.4, -0.2) is 18.1 Å². The van der Waals surface area contributed by atoms with Crippen LogP contribution in [0.3, 0.4) is 0 Å². The second-order valence-corrected chi connectivity index (χ2v) is 5.72. The number of ether oxygens (including phenoxy) is 1. The van der Waals surface area contributed by atoms with Crippen molar-refractivity contribution in [1.29, 1.82) is 0 Å². The van der Waals surface area contributed by atoms with Crippen LogP contribution in [0.1, 0.15) is 39.0 Å². The lowest BCUT2D eigenvalue weighted by atomic mass is 9.98. The van der Waals surface area contributed by atoms with Crippen molar-refractivity contribution in [3.63, 3.8) is 0 Å². The average molecular weight is 297 g/mol. The van der Waals surface area contributed by atoms with E-state index in [-0.39, 0.29) is 5.91 Å². The van der Waals surface area contributed by atoms with Crippen molar-refractivity contribution in [2.24, 2.45) is 5.73 Å². The third-order valence-corrected chi connectivity index (χ3v) is 3.89. The molecule has 3 N–H and O–H groups in total. The van der Waals surface area contributed by atoms with Gasteiger partial charge < -0.3 is 15.8 Å². The number of rotatable bonds is 5. The van der Waals surface area contributed by atoms with Crippen molar-refractivity contribution in [3.8, 4) is 5.75 Å². The van der Waals surface area contributed by atoms with E-state index in [9.17, 15) is 4.79 Å². The number of benzene rings is 1. The fourth-order valence-corrected chi connectivity index (χ4v) is 2.63. The average Bonchev–Trinajstić information content (AvgIpc) is 2.86. The van der Waals surface area contributed by atoms with Gasteiger partial charge in [-0.05, 0) is 37.5 Å². The first-order valence-electron chi connectivity index (χ1n) is 7.08. The molecule has 0 atom stereocenters. The van der Waals surface area contributed by atoms with Crippen LogP contribution in [0.2, 0.25) is 5.02 Å². The Kier molecular flexibility index (Phi) is 4.89. The molecule has 1 amide bonds. The number of anilines is 1. The first-order valence-corrected chi connectivity index (χ1v) is 7.45. The standard InChI is InChI=1S/C15H21ClN2O2/c1-2-9-20-13-6-5-11(10-12(13)16)18-14(19)15(17)7-3-4-8-15/h5-6,10H,2-4,7-9,17H2,1H3,(H,18,19). The molecule has 1 aliphatic rings. The molecule has 0 unspecified atom stereocenters. The zero-order chi connectivity index (χ0) is 14.6. The summed E-state index contributed by atoms with van der Waals surface area (Å²) in [6.45, 7) is 2.65. The quantitative estimate of drug-likeness (QED) is 0.876. The largest absolute Gasteiger partial charge is 0.492 e. The Morgan fingerprint density at radius 1 is 1.45 bits per heavy atom. The first-order chi connectivity index (χ1) is 9.55. The number of carbonyl (C=O) groups excluding carboxylic acids is 1. The zero-order valence-electron chi connectivity index (χ0n) is 11.7. The first kappa shape index (κ1) is 15.1. The highest BCUT2D eigenvalue weighted by molar-refractivity contribution is 6.32. The van der Waals surface area contributed by atoms with E-state index in [0.717, 1.165) is 32.1 Å². The molecule has 0 bridgehead atoms. The number of halogens is 1. The Balaban J connectivity index is 2.03. The van der Waals surface area contributed by atoms with Gasteiger partial charge in [-0.1, -0.05) is 31.4 Å². The van der Waals surface area contributed by atoms with Gasteiger partial charge in [0, 0.05) is 5.69 Å². The molecule has 0 heterocycles. The van der Waals surface area contributed by atoms with Gasteiger partial charge in [0.25, 0.3) is 0 Å². The second kappa shape index (κ2) is 6.46. The van der Waals surface area contributed by atoms with E-state index in [4.69, 9.17) is 22.1 Å². The lowest BCUT2D eigenvalue weighted by Gasteiger charge is -2.22. The molecule has 5 heteroatoms. The van der Waals surface area contributed by atoms with E-state index < -0.39 is 5.54 Å². The molecule has 20 heavy (non-hydrogen) atoms. The molecule has 1 aromatic rings. The lowest BCUT2D eigenvalue weighted by molar-refractivity contribution is -0.121. The molecule has 0 spiro atoms. The van der Waals surface area contributed by atoms with Gasteiger partial charge in [-0.25, -0.2) is 0 Å². The fraction of sp³-hybridized carbons (Fsp3) is 0.533. The van der Waals surface area contributed by atoms with Crippen LogP contribution in [-0.2, 0) is 4.79 Å². The highest BCUT2D eigenvalue weighted by Gasteiger charge is 2.36. The van der Waals surface area contributed by atoms with Gasteiger partial charge in [-0.2, -0.15) is 0 Å². The molecule has 1 saturated carbocycles. The minimum Gasteiger partial charge on any atom is -0.492 e. The van der Waals surface area contributed by atoms with Crippen LogP contribution < -0.4 is 15.8 Å². The number of carbonyl (C=O) groups is 1. The number of nitrogens with one attached hydrogen (secondary N) is 1. The topological polar surface area (TPSA) is 64.3 Å². The predicted molar refractivity (Wildman–Crippen MR) is 81.3 cm³/mol. The Morgan fingerprint density at radius 3 is 2.75 bits per heavy atom. The van der Waals surface area contributed by atoms with Crippen molar-refractivity contribution < 1.29 is 9.53 Å². The zero-order valence-corrected chi connectivity index (χ0v) is 12.5. The molecule has 0 aromatic heterocycles. The number of hydrogen-bond acceptors (Lipinski definition) is 3. The second-order valence-electron chi connectivity index (χ2n) is 5.31. The van der Waals surface area contributed by atoms with Crippen LogP contribution in [0.25, 0.3) is 0 Å². The van der Waals surface area contributed by atoms with Crippen LogP contribution >= 0.6 is 11.6 Å². The van der Waals surface area contributed by atoms with Gasteiger partial charge in [0.15, 0.2) is 0 Å². The molecule has 0 radical (unpaired) electrons. The highest BCUT2D eigenvalue weighted by atomic mass is 35.5. The van der Waals surface area contributed by atoms with Crippen molar-refractivity contribution in [2.45, 2.75) is 44.6 Å². The van der Waals surface area contributed by atoms with E-state index in [1.165, 1.54) is 0 Å². The van der Waals surface area contributed by atoms with Gasteiger partial charge in [-0.3, -0.25) is 4.79 Å². The molecule has 0 aliphatic heterocycles. The number of hydrogen-bond donors (Lipinski definition) is 2. The summed E-state index contributed by atoms with van der Waals surface area (Å²) in [5, 5.41) is 3.34. The summed E-state index contributed by atoms with van der Waals surface area (Å²) >= 11 is 6.14. The van der Waals surface area contributed by atoms with Crippen molar-refractivity contribution >= 4 is 23.2 Å². The summed E-state index contributed by atoms with van der Waals surface area (Å²) in [7, 11) is 0. The van der Waals surface area contributed by atoms with Crippen LogP contribution in [0, 0.1) is 0 Å². The third-order valence-electron chi connectivity index (χ3n) is 3.60. The molecule has 1 aromatic carbocycles. The minimum atomic E-state index is -0.732. The summed E-state index contributed by atoms with van der Waals surface area (Å²) in [4.78, 5) is 12.2. The Hall–Kier alpha value is -1.26. The maximum absolute atomic E-state index is 12.2. The molecule has 2 rings (SSSR count). The maximum Gasteiger partial charge on any atom is 0.244 e.